The van der Waals surface area contributed by atoms with Gasteiger partial charge in [0.1, 0.15) is 0 Å². The van der Waals surface area contributed by atoms with Crippen molar-refractivity contribution < 1.29 is 19.8 Å². The molecule has 1 atom stereocenters. The number of hydrogen-bond donors (Lipinski definition) is 2. The standard InChI is InChI=1S/C15H18ClNO4S/c1-10(22-12-5-3-2-4-11(12)16)13(18)17-8-6-15(21,7-9-17)14(19)20/h2-5,10,21H,6-9H2,1H3,(H,19,20). The molecule has 1 amide bonds. The molecule has 120 valence electrons. The first-order valence-electron chi connectivity index (χ1n) is 6.99. The fourth-order valence-electron chi connectivity index (χ4n) is 2.35. The number of carboxylic acid groups (broad SMARTS) is 1. The number of rotatable bonds is 4. The third kappa shape index (κ3) is 3.74. The zero-order chi connectivity index (χ0) is 16.3. The third-order valence-corrected chi connectivity index (χ3v) is 5.40. The summed E-state index contributed by atoms with van der Waals surface area (Å²) in [6.45, 7) is 2.29. The van der Waals surface area contributed by atoms with Crippen LogP contribution in [0.3, 0.4) is 0 Å². The number of likely N-dealkylation sites (tertiary alicyclic amines) is 1. The van der Waals surface area contributed by atoms with Crippen LogP contribution in [-0.4, -0.2) is 50.9 Å². The van der Waals surface area contributed by atoms with Gasteiger partial charge in [-0.2, -0.15) is 0 Å². The zero-order valence-electron chi connectivity index (χ0n) is 12.2. The number of benzene rings is 1. The average Bonchev–Trinajstić information content (AvgIpc) is 2.49. The summed E-state index contributed by atoms with van der Waals surface area (Å²) in [5.74, 6) is -1.30. The van der Waals surface area contributed by atoms with Gasteiger partial charge in [-0.25, -0.2) is 4.79 Å². The Balaban J connectivity index is 1.95. The summed E-state index contributed by atoms with van der Waals surface area (Å²) in [6.07, 6.45) is 0.106. The maximum Gasteiger partial charge on any atom is 0.335 e. The Kier molecular flexibility index (Phi) is 5.36. The van der Waals surface area contributed by atoms with Crippen LogP contribution in [0.5, 0.6) is 0 Å². The second-order valence-electron chi connectivity index (χ2n) is 5.35. The van der Waals surface area contributed by atoms with Crippen LogP contribution in [0.2, 0.25) is 5.02 Å². The van der Waals surface area contributed by atoms with E-state index in [2.05, 4.69) is 0 Å². The fourth-order valence-corrected chi connectivity index (χ4v) is 3.59. The van der Waals surface area contributed by atoms with Crippen LogP contribution in [0.4, 0.5) is 0 Å². The van der Waals surface area contributed by atoms with Crippen molar-refractivity contribution >= 4 is 35.2 Å². The Hall–Kier alpha value is -1.24. The van der Waals surface area contributed by atoms with Gasteiger partial charge < -0.3 is 15.1 Å². The van der Waals surface area contributed by atoms with E-state index in [1.807, 2.05) is 18.2 Å². The summed E-state index contributed by atoms with van der Waals surface area (Å²) in [6, 6.07) is 7.32. The molecule has 1 aromatic carbocycles. The Bertz CT molecular complexity index is 572. The number of thioether (sulfide) groups is 1. The van der Waals surface area contributed by atoms with Gasteiger partial charge in [-0.05, 0) is 19.1 Å². The third-order valence-electron chi connectivity index (χ3n) is 3.79. The van der Waals surface area contributed by atoms with Crippen LogP contribution in [0.25, 0.3) is 0 Å². The second-order valence-corrected chi connectivity index (χ2v) is 7.14. The number of piperidine rings is 1. The number of carboxylic acids is 1. The molecule has 1 aliphatic heterocycles. The predicted molar refractivity (Wildman–Crippen MR) is 85.2 cm³/mol. The van der Waals surface area contributed by atoms with Crippen molar-refractivity contribution in [1.29, 1.82) is 0 Å². The van der Waals surface area contributed by atoms with Gasteiger partial charge in [-0.15, -0.1) is 11.8 Å². The lowest BCUT2D eigenvalue weighted by atomic mass is 9.91. The minimum absolute atomic E-state index is 0.0531. The van der Waals surface area contributed by atoms with Crippen molar-refractivity contribution in [1.82, 2.24) is 4.90 Å². The SMILES string of the molecule is CC(Sc1ccccc1Cl)C(=O)N1CCC(O)(C(=O)O)CC1. The molecule has 0 aliphatic carbocycles. The number of halogens is 1. The van der Waals surface area contributed by atoms with Crippen molar-refractivity contribution in [2.75, 3.05) is 13.1 Å². The summed E-state index contributed by atoms with van der Waals surface area (Å²) < 4.78 is 0. The molecule has 0 bridgehead atoms. The van der Waals surface area contributed by atoms with Gasteiger partial charge in [0.2, 0.25) is 5.91 Å². The molecule has 2 rings (SSSR count). The van der Waals surface area contributed by atoms with E-state index in [4.69, 9.17) is 16.7 Å². The molecule has 1 unspecified atom stereocenters. The van der Waals surface area contributed by atoms with Gasteiger partial charge in [0.15, 0.2) is 5.60 Å². The van der Waals surface area contributed by atoms with E-state index >= 15 is 0 Å². The minimum atomic E-state index is -1.71. The van der Waals surface area contributed by atoms with E-state index in [0.29, 0.717) is 5.02 Å². The van der Waals surface area contributed by atoms with Crippen molar-refractivity contribution in [3.63, 3.8) is 0 Å². The molecule has 0 radical (unpaired) electrons. The number of aliphatic carboxylic acids is 1. The summed E-state index contributed by atoms with van der Waals surface area (Å²) in [5, 5.41) is 19.2. The predicted octanol–water partition coefficient (Wildman–Crippen LogP) is 2.26. The van der Waals surface area contributed by atoms with E-state index < -0.39 is 11.6 Å². The summed E-state index contributed by atoms with van der Waals surface area (Å²) >= 11 is 7.46. The highest BCUT2D eigenvalue weighted by Crippen LogP contribution is 2.32. The molecule has 0 saturated carbocycles. The first-order valence-corrected chi connectivity index (χ1v) is 8.25. The van der Waals surface area contributed by atoms with Gasteiger partial charge in [-0.3, -0.25) is 4.79 Å². The van der Waals surface area contributed by atoms with E-state index in [1.54, 1.807) is 17.9 Å². The summed E-state index contributed by atoms with van der Waals surface area (Å²) in [5.41, 5.74) is -1.71. The normalized spacial score (nSPS) is 18.8. The van der Waals surface area contributed by atoms with Gasteiger partial charge >= 0.3 is 5.97 Å². The Morgan fingerprint density at radius 3 is 2.45 bits per heavy atom. The Labute approximate surface area is 138 Å². The molecular formula is C15H18ClNO4S. The molecule has 0 spiro atoms. The molecule has 1 heterocycles. The molecule has 1 aromatic rings. The van der Waals surface area contributed by atoms with Gasteiger partial charge in [0, 0.05) is 30.8 Å². The molecule has 1 fully saturated rings. The quantitative estimate of drug-likeness (QED) is 0.820. The molecule has 1 aliphatic rings. The lowest BCUT2D eigenvalue weighted by Crippen LogP contribution is -2.52. The molecule has 22 heavy (non-hydrogen) atoms. The second kappa shape index (κ2) is 6.89. The van der Waals surface area contributed by atoms with E-state index in [1.165, 1.54) is 11.8 Å². The van der Waals surface area contributed by atoms with Gasteiger partial charge in [0.25, 0.3) is 0 Å². The number of carbonyl (C=O) groups is 2. The van der Waals surface area contributed by atoms with Crippen molar-refractivity contribution in [3.05, 3.63) is 29.3 Å². The lowest BCUT2D eigenvalue weighted by molar-refractivity contribution is -0.165. The fraction of sp³-hybridized carbons (Fsp3) is 0.467. The van der Waals surface area contributed by atoms with Crippen molar-refractivity contribution in [2.24, 2.45) is 0 Å². The smallest absolute Gasteiger partial charge is 0.335 e. The number of hydrogen-bond acceptors (Lipinski definition) is 4. The van der Waals surface area contributed by atoms with E-state index in [0.717, 1.165) is 4.90 Å². The minimum Gasteiger partial charge on any atom is -0.479 e. The zero-order valence-corrected chi connectivity index (χ0v) is 13.7. The molecule has 0 aromatic heterocycles. The molecule has 7 heteroatoms. The highest BCUT2D eigenvalue weighted by atomic mass is 35.5. The van der Waals surface area contributed by atoms with Crippen LogP contribution in [0.1, 0.15) is 19.8 Å². The van der Waals surface area contributed by atoms with Crippen LogP contribution in [-0.2, 0) is 9.59 Å². The molecule has 2 N–H and O–H groups in total. The number of nitrogens with zero attached hydrogens (tertiary/aromatic N) is 1. The molecule has 5 nitrogen and oxygen atoms in total. The van der Waals surface area contributed by atoms with Crippen LogP contribution < -0.4 is 0 Å². The Morgan fingerprint density at radius 2 is 1.91 bits per heavy atom. The summed E-state index contributed by atoms with van der Waals surface area (Å²) in [4.78, 5) is 25.9. The average molecular weight is 344 g/mol. The van der Waals surface area contributed by atoms with Crippen LogP contribution >= 0.6 is 23.4 Å². The number of amides is 1. The number of carbonyl (C=O) groups excluding carboxylic acids is 1. The highest BCUT2D eigenvalue weighted by Gasteiger charge is 2.41. The van der Waals surface area contributed by atoms with Crippen molar-refractivity contribution in [3.8, 4) is 0 Å². The van der Waals surface area contributed by atoms with E-state index in [-0.39, 0.29) is 37.1 Å². The maximum atomic E-state index is 12.4. The maximum absolute atomic E-state index is 12.4. The number of aliphatic hydroxyl groups is 1. The molecular weight excluding hydrogens is 326 g/mol. The first-order chi connectivity index (χ1) is 10.3. The first kappa shape index (κ1) is 17.1. The van der Waals surface area contributed by atoms with Gasteiger partial charge in [-0.1, -0.05) is 23.7 Å². The molecule has 1 saturated heterocycles. The van der Waals surface area contributed by atoms with Gasteiger partial charge in [0.05, 0.1) is 10.3 Å². The monoisotopic (exact) mass is 343 g/mol. The Morgan fingerprint density at radius 1 is 1.32 bits per heavy atom. The van der Waals surface area contributed by atoms with Crippen LogP contribution in [0, 0.1) is 0 Å². The lowest BCUT2D eigenvalue weighted by Gasteiger charge is -2.36. The topological polar surface area (TPSA) is 77.8 Å². The van der Waals surface area contributed by atoms with Crippen molar-refractivity contribution in [2.45, 2.75) is 35.5 Å². The van der Waals surface area contributed by atoms with E-state index in [9.17, 15) is 14.7 Å². The van der Waals surface area contributed by atoms with Crippen LogP contribution in [0.15, 0.2) is 29.2 Å². The largest absolute Gasteiger partial charge is 0.479 e. The highest BCUT2D eigenvalue weighted by molar-refractivity contribution is 8.00. The summed E-state index contributed by atoms with van der Waals surface area (Å²) in [7, 11) is 0.